The summed E-state index contributed by atoms with van der Waals surface area (Å²) in [6, 6.07) is 11.6. The van der Waals surface area contributed by atoms with Crippen LogP contribution in [0.1, 0.15) is 11.3 Å². The molecule has 0 amide bonds. The molecule has 0 atom stereocenters. The SMILES string of the molecule is Cc1cccn2cc(CSc3nnc4n(C)c(=O)c5ccccc5n34)nc12. The van der Waals surface area contributed by atoms with E-state index in [4.69, 9.17) is 4.98 Å². The van der Waals surface area contributed by atoms with Crippen LogP contribution < -0.4 is 5.56 Å². The molecule has 134 valence electrons. The van der Waals surface area contributed by atoms with Crippen LogP contribution in [-0.2, 0) is 12.8 Å². The first-order valence-electron chi connectivity index (χ1n) is 8.52. The number of fused-ring (bicyclic) bond motifs is 4. The number of aromatic nitrogens is 6. The van der Waals surface area contributed by atoms with Crippen molar-refractivity contribution in [2.24, 2.45) is 7.05 Å². The van der Waals surface area contributed by atoms with Gasteiger partial charge in [0.1, 0.15) is 5.65 Å². The van der Waals surface area contributed by atoms with Gasteiger partial charge >= 0.3 is 0 Å². The molecule has 0 fully saturated rings. The molecule has 0 bridgehead atoms. The lowest BCUT2D eigenvalue weighted by Gasteiger charge is -2.07. The van der Waals surface area contributed by atoms with Crippen LogP contribution in [0.25, 0.3) is 22.3 Å². The van der Waals surface area contributed by atoms with E-state index < -0.39 is 0 Å². The quantitative estimate of drug-likeness (QED) is 0.453. The van der Waals surface area contributed by atoms with Gasteiger partial charge in [0.15, 0.2) is 5.16 Å². The number of rotatable bonds is 3. The van der Waals surface area contributed by atoms with Crippen molar-refractivity contribution in [3.63, 3.8) is 0 Å². The van der Waals surface area contributed by atoms with Gasteiger partial charge < -0.3 is 4.40 Å². The molecular formula is C19H16N6OS. The van der Waals surface area contributed by atoms with Crippen LogP contribution in [0.4, 0.5) is 0 Å². The molecule has 0 saturated heterocycles. The third-order valence-electron chi connectivity index (χ3n) is 4.67. The third kappa shape index (κ3) is 2.44. The second-order valence-electron chi connectivity index (χ2n) is 6.44. The van der Waals surface area contributed by atoms with E-state index in [1.54, 1.807) is 18.8 Å². The first kappa shape index (κ1) is 16.1. The minimum Gasteiger partial charge on any atom is -0.307 e. The molecule has 1 aromatic carbocycles. The molecule has 27 heavy (non-hydrogen) atoms. The van der Waals surface area contributed by atoms with Gasteiger partial charge in [0.25, 0.3) is 5.56 Å². The van der Waals surface area contributed by atoms with Gasteiger partial charge in [0.2, 0.25) is 5.78 Å². The number of pyridine rings is 1. The number of aryl methyl sites for hydroxylation is 2. The summed E-state index contributed by atoms with van der Waals surface area (Å²) in [4.78, 5) is 17.2. The fraction of sp³-hybridized carbons (Fsp3) is 0.158. The molecule has 7 nitrogen and oxygen atoms in total. The number of hydrogen-bond acceptors (Lipinski definition) is 5. The molecule has 4 aromatic heterocycles. The minimum absolute atomic E-state index is 0.0714. The molecule has 0 radical (unpaired) electrons. The summed E-state index contributed by atoms with van der Waals surface area (Å²) in [5.41, 5.74) is 3.82. The van der Waals surface area contributed by atoms with Crippen LogP contribution in [0.2, 0.25) is 0 Å². The van der Waals surface area contributed by atoms with Gasteiger partial charge in [-0.1, -0.05) is 30.0 Å². The Bertz CT molecular complexity index is 1380. The zero-order valence-electron chi connectivity index (χ0n) is 14.8. The standard InChI is InChI=1S/C19H16N6OS/c1-12-6-5-9-24-10-13(20-16(12)24)11-27-19-22-21-18-23(2)17(26)14-7-3-4-8-15(14)25(18)19/h3-10H,11H2,1-2H3. The zero-order chi connectivity index (χ0) is 18.5. The van der Waals surface area contributed by atoms with Gasteiger partial charge in [0.05, 0.1) is 16.6 Å². The highest BCUT2D eigenvalue weighted by atomic mass is 32.2. The maximum Gasteiger partial charge on any atom is 0.262 e. The Kier molecular flexibility index (Phi) is 3.54. The van der Waals surface area contributed by atoms with Crippen molar-refractivity contribution in [1.82, 2.24) is 28.5 Å². The van der Waals surface area contributed by atoms with E-state index in [-0.39, 0.29) is 5.56 Å². The minimum atomic E-state index is -0.0714. The Hall–Kier alpha value is -3.13. The molecule has 0 unspecified atom stereocenters. The number of nitrogens with zero attached hydrogens (tertiary/aromatic N) is 6. The smallest absolute Gasteiger partial charge is 0.262 e. The van der Waals surface area contributed by atoms with E-state index in [9.17, 15) is 4.79 Å². The van der Waals surface area contributed by atoms with Crippen molar-refractivity contribution < 1.29 is 0 Å². The second-order valence-corrected chi connectivity index (χ2v) is 7.38. The Labute approximate surface area is 158 Å². The van der Waals surface area contributed by atoms with Gasteiger partial charge in [-0.05, 0) is 30.7 Å². The first-order chi connectivity index (χ1) is 13.1. The largest absolute Gasteiger partial charge is 0.307 e. The van der Waals surface area contributed by atoms with Crippen LogP contribution >= 0.6 is 11.8 Å². The van der Waals surface area contributed by atoms with E-state index in [1.165, 1.54) is 4.57 Å². The number of hydrogen-bond donors (Lipinski definition) is 0. The maximum absolute atomic E-state index is 12.5. The van der Waals surface area contributed by atoms with Crippen LogP contribution in [0.15, 0.2) is 58.7 Å². The summed E-state index contributed by atoms with van der Waals surface area (Å²) < 4.78 is 5.50. The molecule has 0 saturated carbocycles. The summed E-state index contributed by atoms with van der Waals surface area (Å²) in [5.74, 6) is 1.20. The maximum atomic E-state index is 12.5. The molecule has 0 aliphatic heterocycles. The lowest BCUT2D eigenvalue weighted by Crippen LogP contribution is -2.20. The monoisotopic (exact) mass is 376 g/mol. The highest BCUT2D eigenvalue weighted by molar-refractivity contribution is 7.98. The summed E-state index contributed by atoms with van der Waals surface area (Å²) in [5, 5.41) is 9.94. The summed E-state index contributed by atoms with van der Waals surface area (Å²) in [6.07, 6.45) is 4.03. The molecular weight excluding hydrogens is 360 g/mol. The van der Waals surface area contributed by atoms with Gasteiger partial charge in [-0.25, -0.2) is 4.98 Å². The predicted octanol–water partition coefficient (Wildman–Crippen LogP) is 2.83. The van der Waals surface area contributed by atoms with Gasteiger partial charge in [-0.15, -0.1) is 10.2 Å². The van der Waals surface area contributed by atoms with Crippen LogP contribution in [-0.4, -0.2) is 28.5 Å². The van der Waals surface area contributed by atoms with Crippen molar-refractivity contribution in [2.75, 3.05) is 0 Å². The summed E-state index contributed by atoms with van der Waals surface area (Å²) >= 11 is 1.56. The van der Waals surface area contributed by atoms with E-state index in [0.717, 1.165) is 27.6 Å². The Morgan fingerprint density at radius 1 is 1.11 bits per heavy atom. The van der Waals surface area contributed by atoms with E-state index in [0.29, 0.717) is 16.9 Å². The van der Waals surface area contributed by atoms with E-state index in [1.807, 2.05) is 51.5 Å². The molecule has 5 rings (SSSR count). The molecule has 0 N–H and O–H groups in total. The predicted molar refractivity (Wildman–Crippen MR) is 105 cm³/mol. The number of para-hydroxylation sites is 1. The fourth-order valence-corrected chi connectivity index (χ4v) is 4.14. The second kappa shape index (κ2) is 5.95. The molecule has 8 heteroatoms. The summed E-state index contributed by atoms with van der Waals surface area (Å²) in [6.45, 7) is 2.05. The molecule has 0 spiro atoms. The van der Waals surface area contributed by atoms with Crippen molar-refractivity contribution >= 4 is 34.1 Å². The molecule has 0 aliphatic rings. The van der Waals surface area contributed by atoms with Crippen LogP contribution in [0.5, 0.6) is 0 Å². The topological polar surface area (TPSA) is 69.5 Å². The average Bonchev–Trinajstić information content (AvgIpc) is 3.29. The highest BCUT2D eigenvalue weighted by Crippen LogP contribution is 2.24. The third-order valence-corrected chi connectivity index (χ3v) is 5.64. The Morgan fingerprint density at radius 3 is 2.81 bits per heavy atom. The Balaban J connectivity index is 1.59. The van der Waals surface area contributed by atoms with Crippen molar-refractivity contribution in [3.8, 4) is 0 Å². The first-order valence-corrected chi connectivity index (χ1v) is 9.51. The van der Waals surface area contributed by atoms with E-state index >= 15 is 0 Å². The molecule has 4 heterocycles. The van der Waals surface area contributed by atoms with Gasteiger partial charge in [-0.3, -0.25) is 13.8 Å². The number of benzene rings is 1. The van der Waals surface area contributed by atoms with Crippen LogP contribution in [0.3, 0.4) is 0 Å². The Morgan fingerprint density at radius 2 is 1.96 bits per heavy atom. The fourth-order valence-electron chi connectivity index (χ4n) is 3.32. The lowest BCUT2D eigenvalue weighted by molar-refractivity contribution is 0.853. The van der Waals surface area contributed by atoms with Crippen molar-refractivity contribution in [1.29, 1.82) is 0 Å². The van der Waals surface area contributed by atoms with Gasteiger partial charge in [-0.2, -0.15) is 0 Å². The lowest BCUT2D eigenvalue weighted by atomic mass is 10.2. The highest BCUT2D eigenvalue weighted by Gasteiger charge is 2.15. The number of thioether (sulfide) groups is 1. The molecule has 5 aromatic rings. The average molecular weight is 376 g/mol. The van der Waals surface area contributed by atoms with E-state index in [2.05, 4.69) is 23.2 Å². The normalized spacial score (nSPS) is 11.8. The van der Waals surface area contributed by atoms with Crippen LogP contribution in [0, 0.1) is 6.92 Å². The number of imidazole rings is 1. The zero-order valence-corrected chi connectivity index (χ0v) is 15.6. The van der Waals surface area contributed by atoms with Gasteiger partial charge in [0, 0.05) is 25.2 Å². The summed E-state index contributed by atoms with van der Waals surface area (Å²) in [7, 11) is 1.72. The van der Waals surface area contributed by atoms with Crippen molar-refractivity contribution in [3.05, 3.63) is 70.4 Å². The van der Waals surface area contributed by atoms with Crippen molar-refractivity contribution in [2.45, 2.75) is 17.8 Å². The molecule has 0 aliphatic carbocycles.